The Labute approximate surface area is 72.0 Å². The monoisotopic (exact) mass is 170 g/mol. The fraction of sp³-hybridized carbons (Fsp3) is 0.571. The first-order valence-corrected chi connectivity index (χ1v) is 3.92. The lowest BCUT2D eigenvalue weighted by Crippen LogP contribution is -2.38. The van der Waals surface area contributed by atoms with Crippen LogP contribution in [0.2, 0.25) is 0 Å². The molecule has 0 aromatic rings. The number of carbonyl (C=O) groups is 1. The van der Waals surface area contributed by atoms with Gasteiger partial charge in [0, 0.05) is 13.6 Å². The van der Waals surface area contributed by atoms with E-state index in [1.165, 1.54) is 0 Å². The number of hydrogen-bond donors (Lipinski definition) is 2. The lowest BCUT2D eigenvalue weighted by atomic mass is 10.5. The summed E-state index contributed by atoms with van der Waals surface area (Å²) in [5, 5.41) is 1.90. The Morgan fingerprint density at radius 2 is 2.50 bits per heavy atom. The molecular formula is C7H14N4O. The minimum atomic E-state index is 0.401. The van der Waals surface area contributed by atoms with Gasteiger partial charge in [-0.05, 0) is 6.92 Å². The van der Waals surface area contributed by atoms with Crippen LogP contribution in [0.3, 0.4) is 0 Å². The fourth-order valence-corrected chi connectivity index (χ4v) is 0.916. The molecule has 2 N–H and O–H groups in total. The molecule has 0 atom stereocenters. The molecule has 1 rings (SSSR count). The zero-order valence-corrected chi connectivity index (χ0v) is 7.37. The second-order valence-electron chi connectivity index (χ2n) is 2.58. The molecule has 0 amide bonds. The molecule has 0 aromatic carbocycles. The smallest absolute Gasteiger partial charge is 0.139 e. The number of hydrogen-bond acceptors (Lipinski definition) is 5. The summed E-state index contributed by atoms with van der Waals surface area (Å²) >= 11 is 0. The number of aldehydes is 1. The minimum Gasteiger partial charge on any atom is -0.352 e. The maximum atomic E-state index is 10.2. The molecule has 0 saturated heterocycles. The van der Waals surface area contributed by atoms with E-state index in [0.29, 0.717) is 6.54 Å². The highest BCUT2D eigenvalue weighted by Crippen LogP contribution is 2.01. The zero-order valence-electron chi connectivity index (χ0n) is 7.37. The molecule has 0 fully saturated rings. The van der Waals surface area contributed by atoms with Gasteiger partial charge >= 0.3 is 0 Å². The molecule has 0 radical (unpaired) electrons. The Bertz CT molecular complexity index is 192. The molecule has 0 bridgehead atoms. The van der Waals surface area contributed by atoms with Crippen molar-refractivity contribution < 1.29 is 4.79 Å². The SMILES string of the molecule is CCN1C=C(N(C)CC=O)NN1. The van der Waals surface area contributed by atoms with Crippen LogP contribution in [0.5, 0.6) is 0 Å². The standard InChI is InChI=1S/C7H14N4O/c1-3-11-6-7(8-9-11)10(2)4-5-12/h5-6,8-9H,3-4H2,1-2H3. The summed E-state index contributed by atoms with van der Waals surface area (Å²) in [7, 11) is 1.86. The van der Waals surface area contributed by atoms with Crippen LogP contribution in [0.15, 0.2) is 12.0 Å². The first-order chi connectivity index (χ1) is 5.77. The molecule has 1 aliphatic heterocycles. The predicted molar refractivity (Wildman–Crippen MR) is 45.4 cm³/mol. The summed E-state index contributed by atoms with van der Waals surface area (Å²) in [5.74, 6) is 0.906. The maximum absolute atomic E-state index is 10.2. The second kappa shape index (κ2) is 3.96. The summed E-state index contributed by atoms with van der Waals surface area (Å²) in [5.41, 5.74) is 5.88. The van der Waals surface area contributed by atoms with Gasteiger partial charge in [0.2, 0.25) is 0 Å². The van der Waals surface area contributed by atoms with Gasteiger partial charge in [0.05, 0.1) is 12.7 Å². The van der Waals surface area contributed by atoms with E-state index >= 15 is 0 Å². The van der Waals surface area contributed by atoms with Crippen molar-refractivity contribution in [3.8, 4) is 0 Å². The predicted octanol–water partition coefficient (Wildman–Crippen LogP) is -0.739. The van der Waals surface area contributed by atoms with Crippen molar-refractivity contribution in [2.75, 3.05) is 20.1 Å². The van der Waals surface area contributed by atoms with Crippen molar-refractivity contribution in [1.82, 2.24) is 20.9 Å². The van der Waals surface area contributed by atoms with Gasteiger partial charge in [-0.1, -0.05) is 0 Å². The highest BCUT2D eigenvalue weighted by molar-refractivity contribution is 5.52. The Morgan fingerprint density at radius 3 is 3.00 bits per heavy atom. The van der Waals surface area contributed by atoms with Crippen molar-refractivity contribution in [3.05, 3.63) is 12.0 Å². The molecule has 0 spiro atoms. The third-order valence-corrected chi connectivity index (χ3v) is 1.71. The molecule has 1 aliphatic rings. The van der Waals surface area contributed by atoms with Gasteiger partial charge in [0.25, 0.3) is 0 Å². The average molecular weight is 170 g/mol. The van der Waals surface area contributed by atoms with Crippen molar-refractivity contribution >= 4 is 6.29 Å². The lowest BCUT2D eigenvalue weighted by molar-refractivity contribution is -0.108. The number of likely N-dealkylation sites (N-methyl/N-ethyl adjacent to an activating group) is 1. The summed E-state index contributed by atoms with van der Waals surface area (Å²) in [6.07, 6.45) is 2.79. The average Bonchev–Trinajstić information content (AvgIpc) is 2.52. The van der Waals surface area contributed by atoms with Crippen LogP contribution in [0, 0.1) is 0 Å². The van der Waals surface area contributed by atoms with Crippen molar-refractivity contribution in [1.29, 1.82) is 0 Å². The van der Waals surface area contributed by atoms with Crippen LogP contribution in [0.1, 0.15) is 6.92 Å². The van der Waals surface area contributed by atoms with Crippen molar-refractivity contribution in [2.45, 2.75) is 6.92 Å². The molecule has 1 heterocycles. The van der Waals surface area contributed by atoms with Gasteiger partial charge in [-0.3, -0.25) is 10.4 Å². The maximum Gasteiger partial charge on any atom is 0.139 e. The first kappa shape index (κ1) is 8.86. The number of carbonyl (C=O) groups excluding carboxylic acids is 1. The van der Waals surface area contributed by atoms with Crippen LogP contribution < -0.4 is 11.0 Å². The van der Waals surface area contributed by atoms with Gasteiger partial charge < -0.3 is 9.69 Å². The van der Waals surface area contributed by atoms with Gasteiger partial charge in [-0.15, -0.1) is 5.53 Å². The summed E-state index contributed by atoms with van der Waals surface area (Å²) in [4.78, 5) is 12.0. The minimum absolute atomic E-state index is 0.401. The Balaban J connectivity index is 2.47. The van der Waals surface area contributed by atoms with Crippen molar-refractivity contribution in [3.63, 3.8) is 0 Å². The van der Waals surface area contributed by atoms with Crippen LogP contribution in [0.25, 0.3) is 0 Å². The molecule has 0 saturated carbocycles. The molecule has 0 aromatic heterocycles. The van der Waals surface area contributed by atoms with E-state index in [-0.39, 0.29) is 0 Å². The number of hydrazine groups is 2. The summed E-state index contributed by atoms with van der Waals surface area (Å²) in [6, 6.07) is 0. The highest BCUT2D eigenvalue weighted by atomic mass is 16.1. The van der Waals surface area contributed by atoms with Gasteiger partial charge in [0.1, 0.15) is 12.1 Å². The van der Waals surface area contributed by atoms with E-state index in [1.807, 2.05) is 30.1 Å². The van der Waals surface area contributed by atoms with E-state index in [1.54, 1.807) is 0 Å². The van der Waals surface area contributed by atoms with E-state index in [0.717, 1.165) is 18.7 Å². The molecule has 5 heteroatoms. The van der Waals surface area contributed by atoms with E-state index in [9.17, 15) is 4.79 Å². The van der Waals surface area contributed by atoms with Crippen LogP contribution >= 0.6 is 0 Å². The molecular weight excluding hydrogens is 156 g/mol. The topological polar surface area (TPSA) is 47.6 Å². The number of rotatable bonds is 4. The van der Waals surface area contributed by atoms with E-state index in [4.69, 9.17) is 0 Å². The normalized spacial score (nSPS) is 15.5. The van der Waals surface area contributed by atoms with Crippen molar-refractivity contribution in [2.24, 2.45) is 0 Å². The Morgan fingerprint density at radius 1 is 1.75 bits per heavy atom. The van der Waals surface area contributed by atoms with Crippen LogP contribution in [-0.2, 0) is 4.79 Å². The summed E-state index contributed by atoms with van der Waals surface area (Å²) < 4.78 is 0. The lowest BCUT2D eigenvalue weighted by Gasteiger charge is -2.15. The van der Waals surface area contributed by atoms with E-state index in [2.05, 4.69) is 11.0 Å². The Hall–Kier alpha value is -1.23. The van der Waals surface area contributed by atoms with Gasteiger partial charge in [0.15, 0.2) is 0 Å². The highest BCUT2D eigenvalue weighted by Gasteiger charge is 2.11. The number of nitrogens with zero attached hydrogens (tertiary/aromatic N) is 2. The summed E-state index contributed by atoms with van der Waals surface area (Å²) in [6.45, 7) is 3.32. The molecule has 12 heavy (non-hydrogen) atoms. The van der Waals surface area contributed by atoms with Gasteiger partial charge in [-0.25, -0.2) is 0 Å². The second-order valence-corrected chi connectivity index (χ2v) is 2.58. The van der Waals surface area contributed by atoms with Crippen LogP contribution in [-0.4, -0.2) is 36.3 Å². The first-order valence-electron chi connectivity index (χ1n) is 3.92. The fourth-order valence-electron chi connectivity index (χ4n) is 0.916. The largest absolute Gasteiger partial charge is 0.352 e. The number of nitrogens with one attached hydrogen (secondary N) is 2. The molecule has 5 nitrogen and oxygen atoms in total. The molecule has 0 unspecified atom stereocenters. The quantitative estimate of drug-likeness (QED) is 0.544. The molecule has 68 valence electrons. The third kappa shape index (κ3) is 1.88. The molecule has 0 aliphatic carbocycles. The van der Waals surface area contributed by atoms with Crippen LogP contribution in [0.4, 0.5) is 0 Å². The third-order valence-electron chi connectivity index (χ3n) is 1.71. The van der Waals surface area contributed by atoms with E-state index < -0.39 is 0 Å². The zero-order chi connectivity index (χ0) is 8.97. The van der Waals surface area contributed by atoms with Gasteiger partial charge in [-0.2, -0.15) is 0 Å². The Kier molecular flexibility index (Phi) is 2.93.